The van der Waals surface area contributed by atoms with Crippen molar-refractivity contribution in [1.29, 1.82) is 0 Å². The fourth-order valence-corrected chi connectivity index (χ4v) is 3.90. The Hall–Kier alpha value is -3.91. The average Bonchev–Trinajstić information content (AvgIpc) is 3.30. The zero-order valence-corrected chi connectivity index (χ0v) is 17.4. The molecule has 0 N–H and O–H groups in total. The maximum Gasteiger partial charge on any atom is 0.200 e. The molecule has 0 heterocycles. The minimum atomic E-state index is -3.05. The van der Waals surface area contributed by atoms with Gasteiger partial charge < -0.3 is 0 Å². The van der Waals surface area contributed by atoms with Crippen molar-refractivity contribution < 1.29 is 65.9 Å². The van der Waals surface area contributed by atoms with Gasteiger partial charge in [-0.25, -0.2) is 65.9 Å². The lowest BCUT2D eigenvalue weighted by Gasteiger charge is -2.24. The second-order valence-corrected chi connectivity index (χ2v) is 7.55. The summed E-state index contributed by atoms with van der Waals surface area (Å²) >= 11 is 0. The van der Waals surface area contributed by atoms with Gasteiger partial charge in [-0.3, -0.25) is 0 Å². The Kier molecular flexibility index (Phi) is 6.52. The molecule has 0 radical (unpaired) electrons. The number of allylic oxidation sites excluding steroid dienone is 4. The Bertz CT molecular complexity index is 1440. The van der Waals surface area contributed by atoms with Gasteiger partial charge in [0.15, 0.2) is 69.8 Å². The van der Waals surface area contributed by atoms with Gasteiger partial charge in [0.25, 0.3) is 0 Å². The van der Waals surface area contributed by atoms with Gasteiger partial charge in [-0.05, 0) is 11.1 Å². The molecule has 0 nitrogen and oxygen atoms in total. The number of rotatable bonds is 3. The smallest absolute Gasteiger partial charge is 0.200 e. The van der Waals surface area contributed by atoms with Crippen LogP contribution < -0.4 is 0 Å². The van der Waals surface area contributed by atoms with Gasteiger partial charge >= 0.3 is 0 Å². The van der Waals surface area contributed by atoms with E-state index < -0.39 is 121 Å². The number of hydrogen-bond acceptors (Lipinski definition) is 0. The first-order chi connectivity index (χ1) is 17.6. The van der Waals surface area contributed by atoms with Crippen molar-refractivity contribution >= 4 is 11.1 Å². The maximum atomic E-state index is 14.7. The van der Waals surface area contributed by atoms with Gasteiger partial charge in [0.05, 0.1) is 11.1 Å². The molecule has 38 heavy (non-hydrogen) atoms. The van der Waals surface area contributed by atoms with Gasteiger partial charge in [0.1, 0.15) is 0 Å². The Morgan fingerprint density at radius 1 is 0.289 bits per heavy atom. The zero-order chi connectivity index (χ0) is 28.5. The minimum absolute atomic E-state index is 0.175. The normalized spacial score (nSPS) is 13.9. The lowest BCUT2D eigenvalue weighted by Crippen LogP contribution is -2.17. The van der Waals surface area contributed by atoms with Gasteiger partial charge in [-0.2, -0.15) is 0 Å². The molecule has 4 rings (SSSR count). The highest BCUT2D eigenvalue weighted by molar-refractivity contribution is 5.94. The predicted molar refractivity (Wildman–Crippen MR) is 97.4 cm³/mol. The summed E-state index contributed by atoms with van der Waals surface area (Å²) in [6.45, 7) is 0. The molecule has 15 heteroatoms. The fraction of sp³-hybridized carbons (Fsp3) is 0.0435. The first kappa shape index (κ1) is 27.1. The highest BCUT2D eigenvalue weighted by Crippen LogP contribution is 2.51. The minimum Gasteiger partial charge on any atom is -0.203 e. The molecular weight excluding hydrogens is 561 g/mol. The van der Waals surface area contributed by atoms with Crippen LogP contribution in [-0.2, 0) is 0 Å². The molecule has 0 atom stereocenters. The second-order valence-electron chi connectivity index (χ2n) is 7.55. The van der Waals surface area contributed by atoms with Gasteiger partial charge in [-0.1, -0.05) is 12.2 Å². The molecule has 1 aliphatic carbocycles. The SMILES string of the molecule is Fc1c(F)c(F)c(C2=CC=C(c3c(F)c(F)c(F)c(F)c3F)C2c2c(F)c(F)c(F)c(F)c2F)c(F)c1F. The molecule has 0 amide bonds. The van der Waals surface area contributed by atoms with Crippen molar-refractivity contribution in [1.82, 2.24) is 0 Å². The van der Waals surface area contributed by atoms with Gasteiger partial charge in [0, 0.05) is 11.5 Å². The molecule has 200 valence electrons. The van der Waals surface area contributed by atoms with Crippen LogP contribution in [0.4, 0.5) is 65.9 Å². The summed E-state index contributed by atoms with van der Waals surface area (Å²) in [4.78, 5) is 0. The van der Waals surface area contributed by atoms with Crippen LogP contribution in [0.2, 0.25) is 0 Å². The molecule has 0 unspecified atom stereocenters. The average molecular weight is 564 g/mol. The van der Waals surface area contributed by atoms with Crippen molar-refractivity contribution in [3.8, 4) is 0 Å². The number of halogens is 15. The summed E-state index contributed by atoms with van der Waals surface area (Å²) < 4.78 is 211. The van der Waals surface area contributed by atoms with E-state index in [0.717, 1.165) is 0 Å². The molecule has 3 aromatic rings. The molecule has 0 fully saturated rings. The fourth-order valence-electron chi connectivity index (χ4n) is 3.90. The van der Waals surface area contributed by atoms with Crippen molar-refractivity contribution in [2.75, 3.05) is 0 Å². The highest BCUT2D eigenvalue weighted by Gasteiger charge is 2.42. The maximum absolute atomic E-state index is 14.7. The van der Waals surface area contributed by atoms with Crippen LogP contribution in [0, 0.1) is 87.3 Å². The van der Waals surface area contributed by atoms with E-state index in [1.165, 1.54) is 0 Å². The third kappa shape index (κ3) is 3.58. The van der Waals surface area contributed by atoms with E-state index in [1.807, 2.05) is 0 Å². The summed E-state index contributed by atoms with van der Waals surface area (Å²) in [5.74, 6) is -43.8. The summed E-state index contributed by atoms with van der Waals surface area (Å²) in [5.41, 5.74) is -9.35. The van der Waals surface area contributed by atoms with Crippen LogP contribution in [0.3, 0.4) is 0 Å². The van der Waals surface area contributed by atoms with Crippen molar-refractivity contribution in [2.24, 2.45) is 0 Å². The van der Waals surface area contributed by atoms with Crippen molar-refractivity contribution in [2.45, 2.75) is 5.92 Å². The third-order valence-electron chi connectivity index (χ3n) is 5.59. The van der Waals surface area contributed by atoms with E-state index in [4.69, 9.17) is 0 Å². The first-order valence-corrected chi connectivity index (χ1v) is 9.61. The molecule has 0 bridgehead atoms. The predicted octanol–water partition coefficient (Wildman–Crippen LogP) is 8.04. The molecule has 1 aliphatic rings. The van der Waals surface area contributed by atoms with Crippen LogP contribution in [0.1, 0.15) is 22.6 Å². The van der Waals surface area contributed by atoms with Crippen LogP contribution in [0.5, 0.6) is 0 Å². The lowest BCUT2D eigenvalue weighted by atomic mass is 9.80. The van der Waals surface area contributed by atoms with Crippen molar-refractivity contribution in [3.63, 3.8) is 0 Å². The van der Waals surface area contributed by atoms with E-state index >= 15 is 0 Å². The Balaban J connectivity index is 2.14. The summed E-state index contributed by atoms with van der Waals surface area (Å²) in [6.07, 6.45) is 0.350. The molecule has 0 aromatic heterocycles. The van der Waals surface area contributed by atoms with E-state index in [1.54, 1.807) is 0 Å². The lowest BCUT2D eigenvalue weighted by molar-refractivity contribution is 0.368. The van der Waals surface area contributed by atoms with Crippen molar-refractivity contribution in [3.05, 3.63) is 116 Å². The summed E-state index contributed by atoms with van der Waals surface area (Å²) in [7, 11) is 0. The topological polar surface area (TPSA) is 0 Å². The molecule has 0 saturated heterocycles. The quantitative estimate of drug-likeness (QED) is 0.172. The molecular formula is C23H3F15. The third-order valence-corrected chi connectivity index (χ3v) is 5.59. The highest BCUT2D eigenvalue weighted by atomic mass is 19.2. The summed E-state index contributed by atoms with van der Waals surface area (Å²) in [6, 6.07) is 0. The number of hydrogen-bond donors (Lipinski definition) is 0. The Morgan fingerprint density at radius 2 is 0.500 bits per heavy atom. The van der Waals surface area contributed by atoms with Gasteiger partial charge in [0.2, 0.25) is 17.5 Å². The summed E-state index contributed by atoms with van der Waals surface area (Å²) in [5, 5.41) is 0. The second kappa shape index (κ2) is 9.13. The Morgan fingerprint density at radius 3 is 0.763 bits per heavy atom. The zero-order valence-electron chi connectivity index (χ0n) is 17.4. The molecule has 0 aliphatic heterocycles. The first-order valence-electron chi connectivity index (χ1n) is 9.61. The van der Waals surface area contributed by atoms with E-state index in [0.29, 0.717) is 0 Å². The molecule has 0 spiro atoms. The Labute approximate surface area is 199 Å². The number of benzene rings is 3. The monoisotopic (exact) mass is 564 g/mol. The van der Waals surface area contributed by atoms with Crippen LogP contribution in [-0.4, -0.2) is 0 Å². The van der Waals surface area contributed by atoms with E-state index in [-0.39, 0.29) is 12.2 Å². The largest absolute Gasteiger partial charge is 0.203 e. The molecule has 0 saturated carbocycles. The van der Waals surface area contributed by atoms with Crippen LogP contribution in [0.15, 0.2) is 12.2 Å². The molecule has 3 aromatic carbocycles. The standard InChI is InChI=1S/C23H3F15/c24-9-6(10(25)16(31)21(36)15(9)30)3-1-2-4(7-11(26)17(32)22(37)18(33)12(7)27)5(3)8-13(28)19(34)23(38)20(35)14(8)29/h1-2,5H. The van der Waals surface area contributed by atoms with Gasteiger partial charge in [-0.15, -0.1) is 0 Å². The van der Waals surface area contributed by atoms with Crippen LogP contribution >= 0.6 is 0 Å². The van der Waals surface area contributed by atoms with E-state index in [9.17, 15) is 65.9 Å². The van der Waals surface area contributed by atoms with E-state index in [2.05, 4.69) is 0 Å². The van der Waals surface area contributed by atoms with Crippen LogP contribution in [0.25, 0.3) is 11.1 Å².